The second kappa shape index (κ2) is 16.7. The number of hydrogen-bond donors (Lipinski definition) is 2. The zero-order valence-electron chi connectivity index (χ0n) is 27.0. The van der Waals surface area contributed by atoms with Gasteiger partial charge in [-0.3, -0.25) is 4.79 Å². The van der Waals surface area contributed by atoms with E-state index in [9.17, 15) is 10.3 Å². The number of azide groups is 2. The Kier molecular flexibility index (Phi) is 11.7. The standard InChI is InChI=1S/C36H36N8O5/c1-47-29-15-11-25(12-16-29)19-20-39-35(46)36(23-27-7-2-3-8-28(27)24-40-43-37)33(31-9-4-5-10-32(31)42-44-38)49-34(41-36)26-13-17-30(18-14-26)48-22-6-21-45/h2-5,7-18,33,45H,6,19-24H2,1H3,(H,39,46)/t33-,36-/m1/s1. The molecule has 0 saturated carbocycles. The van der Waals surface area contributed by atoms with Crippen molar-refractivity contribution in [3.8, 4) is 11.5 Å². The molecule has 2 N–H and O–H groups in total. The summed E-state index contributed by atoms with van der Waals surface area (Å²) < 4.78 is 17.6. The van der Waals surface area contributed by atoms with Gasteiger partial charge in [0.15, 0.2) is 11.6 Å². The zero-order chi connectivity index (χ0) is 34.5. The third kappa shape index (κ3) is 8.30. The molecule has 49 heavy (non-hydrogen) atoms. The molecule has 1 aliphatic rings. The highest BCUT2D eigenvalue weighted by molar-refractivity contribution is 6.01. The normalized spacial score (nSPS) is 16.4. The van der Waals surface area contributed by atoms with Gasteiger partial charge in [-0.15, -0.1) is 0 Å². The van der Waals surface area contributed by atoms with Crippen LogP contribution < -0.4 is 14.8 Å². The van der Waals surface area contributed by atoms with E-state index in [4.69, 9.17) is 29.8 Å². The number of aliphatic imine (C=N–C) groups is 1. The topological polar surface area (TPSA) is 187 Å². The molecule has 0 saturated heterocycles. The smallest absolute Gasteiger partial charge is 0.252 e. The first kappa shape index (κ1) is 34.3. The Morgan fingerprint density at radius 3 is 2.39 bits per heavy atom. The maximum absolute atomic E-state index is 14.7. The summed E-state index contributed by atoms with van der Waals surface area (Å²) in [6, 6.07) is 29.1. The number of rotatable bonds is 16. The second-order valence-corrected chi connectivity index (χ2v) is 11.2. The number of nitrogens with zero attached hydrogens (tertiary/aromatic N) is 7. The third-order valence-corrected chi connectivity index (χ3v) is 8.14. The lowest BCUT2D eigenvalue weighted by Crippen LogP contribution is -2.50. The number of aliphatic hydroxyl groups is 1. The van der Waals surface area contributed by atoms with Crippen LogP contribution in [-0.2, 0) is 28.9 Å². The minimum Gasteiger partial charge on any atom is -0.497 e. The highest BCUT2D eigenvalue weighted by Crippen LogP contribution is 2.45. The first-order valence-corrected chi connectivity index (χ1v) is 15.7. The van der Waals surface area contributed by atoms with Gasteiger partial charge in [-0.25, -0.2) is 4.99 Å². The van der Waals surface area contributed by atoms with E-state index in [1.165, 1.54) is 0 Å². The van der Waals surface area contributed by atoms with Crippen LogP contribution in [0.4, 0.5) is 5.69 Å². The van der Waals surface area contributed by atoms with Crippen LogP contribution >= 0.6 is 0 Å². The maximum Gasteiger partial charge on any atom is 0.252 e. The Hall–Kier alpha value is -6.00. The van der Waals surface area contributed by atoms with Crippen molar-refractivity contribution in [2.75, 3.05) is 26.9 Å². The molecule has 0 aromatic heterocycles. The molecule has 13 heteroatoms. The number of benzene rings is 4. The fourth-order valence-corrected chi connectivity index (χ4v) is 5.66. The molecule has 0 bridgehead atoms. The van der Waals surface area contributed by atoms with Crippen molar-refractivity contribution in [3.63, 3.8) is 0 Å². The van der Waals surface area contributed by atoms with Crippen molar-refractivity contribution in [1.29, 1.82) is 0 Å². The van der Waals surface area contributed by atoms with Gasteiger partial charge in [-0.2, -0.15) is 0 Å². The van der Waals surface area contributed by atoms with Crippen LogP contribution in [0.2, 0.25) is 0 Å². The van der Waals surface area contributed by atoms with Crippen molar-refractivity contribution < 1.29 is 24.1 Å². The van der Waals surface area contributed by atoms with E-state index in [2.05, 4.69) is 25.4 Å². The number of carbonyl (C=O) groups is 1. The average Bonchev–Trinajstić information content (AvgIpc) is 3.52. The van der Waals surface area contributed by atoms with Crippen molar-refractivity contribution in [1.82, 2.24) is 5.32 Å². The monoisotopic (exact) mass is 660 g/mol. The lowest BCUT2D eigenvalue weighted by atomic mass is 9.80. The van der Waals surface area contributed by atoms with Crippen LogP contribution in [0, 0.1) is 0 Å². The first-order valence-electron chi connectivity index (χ1n) is 15.7. The summed E-state index contributed by atoms with van der Waals surface area (Å²) in [5.74, 6) is 1.18. The highest BCUT2D eigenvalue weighted by atomic mass is 16.5. The van der Waals surface area contributed by atoms with Gasteiger partial charge in [-0.1, -0.05) is 70.9 Å². The summed E-state index contributed by atoms with van der Waals surface area (Å²) in [4.78, 5) is 25.7. The molecule has 1 amide bonds. The van der Waals surface area contributed by atoms with Crippen LogP contribution in [0.3, 0.4) is 0 Å². The number of aliphatic hydroxyl groups excluding tert-OH is 1. The molecular weight excluding hydrogens is 624 g/mol. The molecule has 4 aromatic carbocycles. The summed E-state index contributed by atoms with van der Waals surface area (Å²) >= 11 is 0. The van der Waals surface area contributed by atoms with E-state index in [0.29, 0.717) is 48.6 Å². The molecule has 4 aromatic rings. The molecule has 250 valence electrons. The summed E-state index contributed by atoms with van der Waals surface area (Å²) in [6.07, 6.45) is 0.132. The quantitative estimate of drug-likeness (QED) is 0.0562. The Morgan fingerprint density at radius 1 is 0.959 bits per heavy atom. The maximum atomic E-state index is 14.7. The molecule has 0 aliphatic carbocycles. The van der Waals surface area contributed by atoms with E-state index in [0.717, 1.165) is 22.4 Å². The average molecular weight is 661 g/mol. The van der Waals surface area contributed by atoms with Crippen LogP contribution in [0.1, 0.15) is 40.3 Å². The van der Waals surface area contributed by atoms with Gasteiger partial charge in [0.1, 0.15) is 11.5 Å². The van der Waals surface area contributed by atoms with Crippen molar-refractivity contribution in [2.45, 2.75) is 37.5 Å². The van der Waals surface area contributed by atoms with Gasteiger partial charge >= 0.3 is 0 Å². The zero-order valence-corrected chi connectivity index (χ0v) is 27.0. The van der Waals surface area contributed by atoms with Crippen molar-refractivity contribution in [3.05, 3.63) is 146 Å². The van der Waals surface area contributed by atoms with E-state index < -0.39 is 11.6 Å². The molecule has 1 heterocycles. The summed E-state index contributed by atoms with van der Waals surface area (Å²) in [7, 11) is 1.61. The number of ether oxygens (including phenoxy) is 3. The van der Waals surface area contributed by atoms with Gasteiger partial charge in [0.05, 0.1) is 20.3 Å². The number of amides is 1. The summed E-state index contributed by atoms with van der Waals surface area (Å²) in [5, 5.41) is 19.9. The van der Waals surface area contributed by atoms with Crippen molar-refractivity contribution in [2.24, 2.45) is 15.2 Å². The molecule has 0 radical (unpaired) electrons. The van der Waals surface area contributed by atoms with E-state index in [1.807, 2.05) is 48.5 Å². The van der Waals surface area contributed by atoms with Gasteiger partial charge in [0.25, 0.3) is 5.91 Å². The van der Waals surface area contributed by atoms with Gasteiger partial charge in [0.2, 0.25) is 5.90 Å². The number of carbonyl (C=O) groups excluding carboxylic acids is 1. The molecule has 0 spiro atoms. The Morgan fingerprint density at radius 2 is 1.67 bits per heavy atom. The Labute approximate surface area is 283 Å². The van der Waals surface area contributed by atoms with Crippen LogP contribution in [0.15, 0.2) is 112 Å². The molecule has 13 nitrogen and oxygen atoms in total. The largest absolute Gasteiger partial charge is 0.497 e. The van der Waals surface area contributed by atoms with E-state index >= 15 is 0 Å². The molecule has 0 fully saturated rings. The first-order chi connectivity index (χ1) is 24.0. The highest BCUT2D eigenvalue weighted by Gasteiger charge is 2.54. The van der Waals surface area contributed by atoms with Crippen molar-refractivity contribution >= 4 is 17.5 Å². The molecule has 5 rings (SSSR count). The van der Waals surface area contributed by atoms with Crippen LogP contribution in [0.5, 0.6) is 11.5 Å². The van der Waals surface area contributed by atoms with Crippen LogP contribution in [0.25, 0.3) is 20.9 Å². The fourth-order valence-electron chi connectivity index (χ4n) is 5.66. The number of methoxy groups -OCH3 is 1. The van der Waals surface area contributed by atoms with Gasteiger partial charge in [0, 0.05) is 52.6 Å². The summed E-state index contributed by atoms with van der Waals surface area (Å²) in [5.41, 5.74) is 20.8. The van der Waals surface area contributed by atoms with Gasteiger partial charge in [-0.05, 0) is 70.6 Å². The predicted octanol–water partition coefficient (Wildman–Crippen LogP) is 7.07. The minimum atomic E-state index is -1.57. The van der Waals surface area contributed by atoms with Crippen LogP contribution in [-0.4, -0.2) is 49.3 Å². The lowest BCUT2D eigenvalue weighted by Gasteiger charge is -2.32. The number of hydrogen-bond acceptors (Lipinski definition) is 8. The molecule has 0 unspecified atom stereocenters. The molecule has 1 aliphatic heterocycles. The van der Waals surface area contributed by atoms with E-state index in [-0.39, 0.29) is 31.4 Å². The fraction of sp³-hybridized carbons (Fsp3) is 0.278. The van der Waals surface area contributed by atoms with Gasteiger partial charge < -0.3 is 24.6 Å². The molecular formula is C36H36N8O5. The third-order valence-electron chi connectivity index (χ3n) is 8.14. The Balaban J connectivity index is 1.59. The molecule has 2 atom stereocenters. The summed E-state index contributed by atoms with van der Waals surface area (Å²) in [6.45, 7) is 0.776. The minimum absolute atomic E-state index is 0.0255. The Bertz CT molecular complexity index is 1870. The predicted molar refractivity (Wildman–Crippen MR) is 185 cm³/mol. The SMILES string of the molecule is COc1ccc(CCNC(=O)[C@]2(Cc3ccccc3CN=[N+]=[N-])N=C(c3ccc(OCCCO)cc3)O[C@@H]2c2ccccc2N=[N+]=[N-])cc1. The lowest BCUT2D eigenvalue weighted by molar-refractivity contribution is -0.128. The second-order valence-electron chi connectivity index (χ2n) is 11.2. The van der Waals surface area contributed by atoms with E-state index in [1.54, 1.807) is 55.6 Å². The number of nitrogens with one attached hydrogen (secondary N) is 1.